The fraction of sp³-hybridized carbons (Fsp3) is 0.391. The molecule has 1 N–H and O–H groups in total. The first-order chi connectivity index (χ1) is 14.7. The number of ether oxygens (including phenoxy) is 1. The highest BCUT2D eigenvalue weighted by molar-refractivity contribution is 7.89. The molecule has 1 fully saturated rings. The van der Waals surface area contributed by atoms with Crippen molar-refractivity contribution in [2.24, 2.45) is 5.92 Å². The molecule has 1 aliphatic heterocycles. The number of esters is 1. The Balaban J connectivity index is 1.83. The number of sulfonamides is 1. The van der Waals surface area contributed by atoms with Gasteiger partial charge in [-0.25, -0.2) is 13.2 Å². The smallest absolute Gasteiger partial charge is 0.338 e. The van der Waals surface area contributed by atoms with Crippen LogP contribution >= 0.6 is 0 Å². The summed E-state index contributed by atoms with van der Waals surface area (Å²) in [6, 6.07) is 11.0. The van der Waals surface area contributed by atoms with Gasteiger partial charge in [0.25, 0.3) is 5.91 Å². The Morgan fingerprint density at radius 2 is 1.84 bits per heavy atom. The molecule has 1 saturated heterocycles. The van der Waals surface area contributed by atoms with Gasteiger partial charge in [-0.2, -0.15) is 4.31 Å². The molecule has 1 heterocycles. The van der Waals surface area contributed by atoms with Crippen LogP contribution in [0.25, 0.3) is 0 Å². The minimum Gasteiger partial charge on any atom is -0.462 e. The molecule has 0 radical (unpaired) electrons. The Bertz CT molecular complexity index is 1070. The Hall–Kier alpha value is -2.71. The number of nitrogens with zero attached hydrogens (tertiary/aromatic N) is 1. The summed E-state index contributed by atoms with van der Waals surface area (Å²) >= 11 is 0. The Labute approximate surface area is 183 Å². The van der Waals surface area contributed by atoms with Crippen molar-refractivity contribution in [2.45, 2.75) is 38.5 Å². The van der Waals surface area contributed by atoms with Crippen LogP contribution in [0.4, 0.5) is 5.69 Å². The highest BCUT2D eigenvalue weighted by Gasteiger charge is 2.29. The predicted octanol–water partition coefficient (Wildman–Crippen LogP) is 3.84. The fourth-order valence-corrected chi connectivity index (χ4v) is 5.01. The molecule has 0 saturated carbocycles. The Morgan fingerprint density at radius 3 is 2.52 bits per heavy atom. The Kier molecular flexibility index (Phi) is 7.12. The van der Waals surface area contributed by atoms with Gasteiger partial charge in [0.1, 0.15) is 0 Å². The van der Waals surface area contributed by atoms with E-state index in [2.05, 4.69) is 12.2 Å². The maximum atomic E-state index is 13.1. The van der Waals surface area contributed by atoms with E-state index in [-0.39, 0.29) is 17.1 Å². The number of anilines is 1. The number of carbonyl (C=O) groups excluding carboxylic acids is 2. The quantitative estimate of drug-likeness (QED) is 0.684. The SMILES string of the molecule is CCOC(=O)c1cccc(NC(=O)c2cc(S(=O)(=O)N3CCC(C)CC3)ccc2C)c1. The maximum Gasteiger partial charge on any atom is 0.338 e. The lowest BCUT2D eigenvalue weighted by atomic mass is 10.0. The van der Waals surface area contributed by atoms with Gasteiger partial charge in [-0.3, -0.25) is 4.79 Å². The molecule has 8 heteroatoms. The van der Waals surface area contributed by atoms with Crippen LogP contribution in [-0.4, -0.2) is 44.3 Å². The van der Waals surface area contributed by atoms with Gasteiger partial charge in [-0.05, 0) is 68.5 Å². The standard InChI is InChI=1S/C23H28N2O5S/c1-4-30-23(27)18-6-5-7-19(14-18)24-22(26)21-15-20(9-8-17(21)3)31(28,29)25-12-10-16(2)11-13-25/h5-9,14-16H,4,10-13H2,1-3H3,(H,24,26). The molecule has 0 spiro atoms. The van der Waals surface area contributed by atoms with E-state index in [1.54, 1.807) is 44.2 Å². The van der Waals surface area contributed by atoms with Crippen molar-refractivity contribution in [3.8, 4) is 0 Å². The molecule has 7 nitrogen and oxygen atoms in total. The molecule has 0 unspecified atom stereocenters. The summed E-state index contributed by atoms with van der Waals surface area (Å²) in [7, 11) is -3.66. The van der Waals surface area contributed by atoms with Crippen molar-refractivity contribution in [1.29, 1.82) is 0 Å². The summed E-state index contributed by atoms with van der Waals surface area (Å²) in [5.74, 6) is -0.405. The first-order valence-electron chi connectivity index (χ1n) is 10.4. The number of carbonyl (C=O) groups is 2. The second-order valence-electron chi connectivity index (χ2n) is 7.82. The van der Waals surface area contributed by atoms with Crippen LogP contribution in [0, 0.1) is 12.8 Å². The minimum absolute atomic E-state index is 0.109. The molecular formula is C23H28N2O5S. The van der Waals surface area contributed by atoms with E-state index in [1.807, 2.05) is 0 Å². The van der Waals surface area contributed by atoms with Crippen LogP contribution in [0.2, 0.25) is 0 Å². The van der Waals surface area contributed by atoms with Crippen LogP contribution in [0.5, 0.6) is 0 Å². The summed E-state index contributed by atoms with van der Waals surface area (Å²) in [4.78, 5) is 24.9. The van der Waals surface area contributed by atoms with E-state index in [0.717, 1.165) is 12.8 Å². The second-order valence-corrected chi connectivity index (χ2v) is 9.76. The Morgan fingerprint density at radius 1 is 1.13 bits per heavy atom. The molecule has 0 aromatic heterocycles. The van der Waals surface area contributed by atoms with Crippen LogP contribution in [-0.2, 0) is 14.8 Å². The van der Waals surface area contributed by atoms with Crippen molar-refractivity contribution >= 4 is 27.6 Å². The molecule has 31 heavy (non-hydrogen) atoms. The average molecular weight is 445 g/mol. The number of piperidine rings is 1. The zero-order valence-corrected chi connectivity index (χ0v) is 18.9. The van der Waals surface area contributed by atoms with Crippen LogP contribution in [0.1, 0.15) is 53.0 Å². The van der Waals surface area contributed by atoms with E-state index >= 15 is 0 Å². The average Bonchev–Trinajstić information content (AvgIpc) is 2.74. The van der Waals surface area contributed by atoms with E-state index in [0.29, 0.717) is 35.8 Å². The molecule has 2 aromatic carbocycles. The van der Waals surface area contributed by atoms with E-state index < -0.39 is 21.9 Å². The lowest BCUT2D eigenvalue weighted by Crippen LogP contribution is -2.38. The molecule has 0 bridgehead atoms. The number of hydrogen-bond donors (Lipinski definition) is 1. The number of aryl methyl sites for hydroxylation is 1. The second kappa shape index (κ2) is 9.62. The highest BCUT2D eigenvalue weighted by atomic mass is 32.2. The molecule has 0 aliphatic carbocycles. The van der Waals surface area contributed by atoms with Crippen LogP contribution < -0.4 is 5.32 Å². The first kappa shape index (κ1) is 23.0. The summed E-state index contributed by atoms with van der Waals surface area (Å²) in [5.41, 5.74) is 1.68. The third-order valence-corrected chi connectivity index (χ3v) is 7.36. The lowest BCUT2D eigenvalue weighted by Gasteiger charge is -2.29. The largest absolute Gasteiger partial charge is 0.462 e. The molecule has 1 amide bonds. The molecule has 1 aliphatic rings. The topological polar surface area (TPSA) is 92.8 Å². The van der Waals surface area contributed by atoms with E-state index in [9.17, 15) is 18.0 Å². The molecule has 2 aromatic rings. The van der Waals surface area contributed by atoms with Crippen LogP contribution in [0.3, 0.4) is 0 Å². The molecular weight excluding hydrogens is 416 g/mol. The minimum atomic E-state index is -3.66. The molecule has 0 atom stereocenters. The zero-order chi connectivity index (χ0) is 22.6. The number of rotatable bonds is 6. The summed E-state index contributed by atoms with van der Waals surface area (Å²) in [6.07, 6.45) is 1.66. The van der Waals surface area contributed by atoms with Gasteiger partial charge in [0.05, 0.1) is 17.1 Å². The fourth-order valence-electron chi connectivity index (χ4n) is 3.52. The summed E-state index contributed by atoms with van der Waals surface area (Å²) in [6.45, 7) is 6.82. The van der Waals surface area contributed by atoms with E-state index in [1.165, 1.54) is 16.4 Å². The van der Waals surface area contributed by atoms with Crippen molar-refractivity contribution < 1.29 is 22.7 Å². The van der Waals surface area contributed by atoms with E-state index in [4.69, 9.17) is 4.74 Å². The van der Waals surface area contributed by atoms with Crippen molar-refractivity contribution in [3.05, 3.63) is 59.2 Å². The first-order valence-corrected chi connectivity index (χ1v) is 11.9. The van der Waals surface area contributed by atoms with Gasteiger partial charge < -0.3 is 10.1 Å². The normalized spacial score (nSPS) is 15.5. The van der Waals surface area contributed by atoms with Crippen LogP contribution in [0.15, 0.2) is 47.4 Å². The van der Waals surface area contributed by atoms with Gasteiger partial charge in [0.2, 0.25) is 10.0 Å². The number of nitrogens with one attached hydrogen (secondary N) is 1. The molecule has 166 valence electrons. The zero-order valence-electron chi connectivity index (χ0n) is 18.1. The monoisotopic (exact) mass is 444 g/mol. The van der Waals surface area contributed by atoms with Crippen molar-refractivity contribution in [2.75, 3.05) is 25.0 Å². The maximum absolute atomic E-state index is 13.1. The summed E-state index contributed by atoms with van der Waals surface area (Å²) in [5, 5.41) is 2.75. The lowest BCUT2D eigenvalue weighted by molar-refractivity contribution is 0.0526. The number of benzene rings is 2. The third-order valence-electron chi connectivity index (χ3n) is 5.47. The highest BCUT2D eigenvalue weighted by Crippen LogP contribution is 2.25. The summed E-state index contributed by atoms with van der Waals surface area (Å²) < 4.78 is 32.6. The third kappa shape index (κ3) is 5.32. The predicted molar refractivity (Wildman–Crippen MR) is 119 cm³/mol. The van der Waals surface area contributed by atoms with Gasteiger partial charge >= 0.3 is 5.97 Å². The van der Waals surface area contributed by atoms with Crippen molar-refractivity contribution in [1.82, 2.24) is 4.31 Å². The molecule has 3 rings (SSSR count). The van der Waals surface area contributed by atoms with Gasteiger partial charge in [0, 0.05) is 24.3 Å². The van der Waals surface area contributed by atoms with Gasteiger partial charge in [-0.1, -0.05) is 19.1 Å². The number of amides is 1. The van der Waals surface area contributed by atoms with Gasteiger partial charge in [0.15, 0.2) is 0 Å². The van der Waals surface area contributed by atoms with Crippen molar-refractivity contribution in [3.63, 3.8) is 0 Å². The number of hydrogen-bond acceptors (Lipinski definition) is 5. The van der Waals surface area contributed by atoms with Gasteiger partial charge in [-0.15, -0.1) is 0 Å².